The van der Waals surface area contributed by atoms with Gasteiger partial charge in [0.25, 0.3) is 0 Å². The predicted octanol–water partition coefficient (Wildman–Crippen LogP) is 2.32. The Balaban J connectivity index is 1.45. The number of aliphatic hydroxyl groups excluding tert-OH is 1. The Bertz CT molecular complexity index is 1040. The van der Waals surface area contributed by atoms with Crippen molar-refractivity contribution in [2.24, 2.45) is 34.5 Å². The third-order valence-corrected chi connectivity index (χ3v) is 13.2. The van der Waals surface area contributed by atoms with Crippen molar-refractivity contribution in [2.45, 2.75) is 94.3 Å². The number of benzene rings is 1. The van der Waals surface area contributed by atoms with Crippen LogP contribution in [0.5, 0.6) is 0 Å². The molecule has 0 aliphatic heterocycles. The number of hydrogen-bond donors (Lipinski definition) is 2. The van der Waals surface area contributed by atoms with E-state index in [9.17, 15) is 14.6 Å². The molecule has 4 aliphatic rings. The minimum Gasteiger partial charge on any atom is -0.393 e. The third-order valence-electron chi connectivity index (χ3n) is 13.2. The van der Waals surface area contributed by atoms with Crippen LogP contribution in [0.25, 0.3) is 0 Å². The molecule has 7 heteroatoms. The Hall–Kier alpha value is -0.930. The first-order valence-electron chi connectivity index (χ1n) is 14.5. The summed E-state index contributed by atoms with van der Waals surface area (Å²) < 4.78 is 13.7. The highest BCUT2D eigenvalue weighted by molar-refractivity contribution is 6.54. The van der Waals surface area contributed by atoms with Gasteiger partial charge in [0.2, 0.25) is 0 Å². The van der Waals surface area contributed by atoms with Crippen molar-refractivity contribution in [1.82, 2.24) is 0 Å². The summed E-state index contributed by atoms with van der Waals surface area (Å²) in [6, 6.07) is 6.88. The quantitative estimate of drug-likeness (QED) is 0.505. The molecule has 2 N–H and O–H groups in total. The van der Waals surface area contributed by atoms with E-state index in [1.54, 1.807) is 12.1 Å². The first-order valence-corrected chi connectivity index (χ1v) is 14.5. The molecule has 3 saturated carbocycles. The number of aliphatic hydroxyl groups is 2. The van der Waals surface area contributed by atoms with E-state index in [-0.39, 0.29) is 33.9 Å². The van der Waals surface area contributed by atoms with Crippen LogP contribution in [0.3, 0.4) is 0 Å². The zero-order chi connectivity index (χ0) is 26.3. The Kier molecular flexibility index (Phi) is 6.32. The second-order valence-corrected chi connectivity index (χ2v) is 14.7. The fraction of sp³-hybridized carbons (Fsp3) is 0.724. The van der Waals surface area contributed by atoms with Crippen molar-refractivity contribution < 1.29 is 14.6 Å². The molecule has 4 aliphatic carbocycles. The lowest BCUT2D eigenvalue weighted by Crippen LogP contribution is -2.62. The minimum absolute atomic E-state index is 0.122. The summed E-state index contributed by atoms with van der Waals surface area (Å²) in [5.74, 6) is 2.04. The van der Waals surface area contributed by atoms with Crippen LogP contribution in [0.2, 0.25) is 5.21 Å². The summed E-state index contributed by atoms with van der Waals surface area (Å²) >= 11 is 0. The third kappa shape index (κ3) is 3.61. The molecule has 36 heavy (non-hydrogen) atoms. The van der Waals surface area contributed by atoms with Crippen LogP contribution in [0.1, 0.15) is 77.7 Å². The van der Waals surface area contributed by atoms with E-state index in [1.807, 2.05) is 12.1 Å². The van der Waals surface area contributed by atoms with Crippen LogP contribution in [0.4, 0.5) is 4.39 Å². The molecule has 3 fully saturated rings. The standard InChI is InChI=1S/C29H45B4FO2/c1-25-14-12-20(35)16-18(25)6-9-21-22-10-11-24(26(22,2)15-13-23(21)25)27(3,36)29(32,33)28(30,31)17-4-7-19(34)8-5-17/h4-8,20-24,35-36H,9-16,30-33H2,1-3H3/t20-,21-,22-,23-,24-,25-,26-,27-/m0/s1. The summed E-state index contributed by atoms with van der Waals surface area (Å²) in [4.78, 5) is 0. The van der Waals surface area contributed by atoms with Crippen molar-refractivity contribution in [2.75, 3.05) is 0 Å². The Morgan fingerprint density at radius 1 is 0.944 bits per heavy atom. The summed E-state index contributed by atoms with van der Waals surface area (Å²) in [6.07, 6.45) is 11.1. The number of rotatable bonds is 4. The Labute approximate surface area is 221 Å². The number of halogens is 1. The SMILES string of the molecule is BC(B)(c1ccc(F)cc1)C(B)(B)[C@@](C)(O)[C@H]1CC[C@H]2[C@@H]3CC=C4C[C@@H](O)CC[C@]4(C)[C@H]3CC[C@@]21C. The number of hydrogen-bond acceptors (Lipinski definition) is 2. The van der Waals surface area contributed by atoms with E-state index in [0.29, 0.717) is 17.8 Å². The number of fused-ring (bicyclic) bond motifs is 5. The molecule has 0 aromatic heterocycles. The van der Waals surface area contributed by atoms with Gasteiger partial charge in [0.1, 0.15) is 37.2 Å². The summed E-state index contributed by atoms with van der Waals surface area (Å²) in [5, 5.41) is 22.1. The van der Waals surface area contributed by atoms with E-state index < -0.39 is 10.8 Å². The van der Waals surface area contributed by atoms with Gasteiger partial charge in [-0.15, -0.1) is 0 Å². The van der Waals surface area contributed by atoms with Gasteiger partial charge in [-0.05, 0) is 105 Å². The smallest absolute Gasteiger partial charge is 0.123 e. The zero-order valence-corrected chi connectivity index (χ0v) is 23.7. The largest absolute Gasteiger partial charge is 0.393 e. The lowest BCUT2D eigenvalue weighted by atomic mass is 9.23. The summed E-state index contributed by atoms with van der Waals surface area (Å²) in [7, 11) is 8.88. The average molecular weight is 488 g/mol. The zero-order valence-electron chi connectivity index (χ0n) is 23.7. The highest BCUT2D eigenvalue weighted by atomic mass is 19.1. The predicted molar refractivity (Wildman–Crippen MR) is 157 cm³/mol. The minimum atomic E-state index is -0.865. The molecule has 0 amide bonds. The maximum Gasteiger partial charge on any atom is 0.123 e. The van der Waals surface area contributed by atoms with Gasteiger partial charge in [0.05, 0.1) is 11.7 Å². The molecular weight excluding hydrogens is 443 g/mol. The van der Waals surface area contributed by atoms with Crippen molar-refractivity contribution in [3.8, 4) is 0 Å². The monoisotopic (exact) mass is 488 g/mol. The van der Waals surface area contributed by atoms with Crippen LogP contribution in [-0.4, -0.2) is 53.3 Å². The lowest BCUT2D eigenvalue weighted by molar-refractivity contribution is -0.111. The van der Waals surface area contributed by atoms with Gasteiger partial charge < -0.3 is 10.2 Å². The number of allylic oxidation sites excluding steroid dienone is 1. The molecule has 0 unspecified atom stereocenters. The van der Waals surface area contributed by atoms with Gasteiger partial charge in [-0.3, -0.25) is 0 Å². The molecule has 1 aromatic rings. The highest BCUT2D eigenvalue weighted by Crippen LogP contribution is 2.69. The maximum absolute atomic E-state index is 13.7. The van der Waals surface area contributed by atoms with Crippen LogP contribution < -0.4 is 0 Å². The molecule has 192 valence electrons. The van der Waals surface area contributed by atoms with Crippen molar-refractivity contribution in [3.63, 3.8) is 0 Å². The second kappa shape index (κ2) is 8.54. The van der Waals surface area contributed by atoms with Gasteiger partial charge in [0.15, 0.2) is 0 Å². The molecular formula is C29H45B4FO2. The Morgan fingerprint density at radius 3 is 2.28 bits per heavy atom. The molecule has 0 saturated heterocycles. The van der Waals surface area contributed by atoms with E-state index in [2.05, 4.69) is 58.2 Å². The fourth-order valence-electron chi connectivity index (χ4n) is 9.86. The molecule has 0 heterocycles. The van der Waals surface area contributed by atoms with Crippen LogP contribution in [-0.2, 0) is 5.21 Å². The fourth-order valence-corrected chi connectivity index (χ4v) is 9.86. The Morgan fingerprint density at radius 2 is 1.61 bits per heavy atom. The van der Waals surface area contributed by atoms with E-state index in [0.717, 1.165) is 37.7 Å². The molecule has 5 rings (SSSR count). The molecule has 0 bridgehead atoms. The van der Waals surface area contributed by atoms with E-state index >= 15 is 0 Å². The summed E-state index contributed by atoms with van der Waals surface area (Å²) in [6.45, 7) is 7.08. The lowest BCUT2D eigenvalue weighted by Gasteiger charge is -2.61. The van der Waals surface area contributed by atoms with Gasteiger partial charge in [-0.1, -0.05) is 53.6 Å². The average Bonchev–Trinajstić information content (AvgIpc) is 3.17. The normalized spacial score (nSPS) is 40.4. The van der Waals surface area contributed by atoms with Gasteiger partial charge in [-0.2, -0.15) is 0 Å². The molecule has 2 nitrogen and oxygen atoms in total. The van der Waals surface area contributed by atoms with Gasteiger partial charge in [-0.25, -0.2) is 4.39 Å². The highest BCUT2D eigenvalue weighted by Gasteiger charge is 2.64. The van der Waals surface area contributed by atoms with Crippen molar-refractivity contribution >= 4 is 31.4 Å². The van der Waals surface area contributed by atoms with Crippen LogP contribution in [0.15, 0.2) is 35.9 Å². The summed E-state index contributed by atoms with van der Waals surface area (Å²) in [5.41, 5.74) is 2.10. The van der Waals surface area contributed by atoms with Gasteiger partial charge >= 0.3 is 0 Å². The van der Waals surface area contributed by atoms with Crippen molar-refractivity contribution in [3.05, 3.63) is 47.3 Å². The van der Waals surface area contributed by atoms with E-state index in [1.165, 1.54) is 24.8 Å². The first-order chi connectivity index (χ1) is 16.7. The van der Waals surface area contributed by atoms with E-state index in [4.69, 9.17) is 0 Å². The molecule has 8 atom stereocenters. The van der Waals surface area contributed by atoms with Gasteiger partial charge in [0, 0.05) is 0 Å². The molecule has 0 spiro atoms. The molecule has 1 aromatic carbocycles. The molecule has 0 radical (unpaired) electrons. The maximum atomic E-state index is 13.7. The first kappa shape index (κ1) is 26.7. The van der Waals surface area contributed by atoms with Crippen LogP contribution >= 0.6 is 0 Å². The second-order valence-electron chi connectivity index (χ2n) is 14.7. The van der Waals surface area contributed by atoms with Crippen LogP contribution in [0, 0.1) is 40.3 Å². The topological polar surface area (TPSA) is 40.5 Å². The van der Waals surface area contributed by atoms with Crippen molar-refractivity contribution in [1.29, 1.82) is 0 Å².